The molecule has 0 aliphatic heterocycles. The number of rotatable bonds is 4. The van der Waals surface area contributed by atoms with E-state index in [9.17, 15) is 0 Å². The van der Waals surface area contributed by atoms with Crippen LogP contribution >= 0.6 is 12.2 Å². The SMILES string of the molecule is CCC1CCC(NC(=S)NC(C)c2ccccc2)CC1. The lowest BCUT2D eigenvalue weighted by Gasteiger charge is -2.30. The van der Waals surface area contributed by atoms with Crippen molar-refractivity contribution in [2.24, 2.45) is 5.92 Å². The Labute approximate surface area is 128 Å². The maximum absolute atomic E-state index is 5.45. The molecule has 1 fully saturated rings. The third kappa shape index (κ3) is 4.48. The fourth-order valence-electron chi connectivity index (χ4n) is 2.96. The highest BCUT2D eigenvalue weighted by Gasteiger charge is 2.20. The monoisotopic (exact) mass is 290 g/mol. The van der Waals surface area contributed by atoms with Crippen molar-refractivity contribution in [3.63, 3.8) is 0 Å². The van der Waals surface area contributed by atoms with Crippen molar-refractivity contribution in [2.75, 3.05) is 0 Å². The summed E-state index contributed by atoms with van der Waals surface area (Å²) in [6, 6.07) is 11.2. The van der Waals surface area contributed by atoms with E-state index in [1.807, 2.05) is 6.07 Å². The molecular weight excluding hydrogens is 264 g/mol. The van der Waals surface area contributed by atoms with Crippen LogP contribution in [0.2, 0.25) is 0 Å². The van der Waals surface area contributed by atoms with Gasteiger partial charge in [-0.2, -0.15) is 0 Å². The number of hydrogen-bond acceptors (Lipinski definition) is 1. The molecule has 2 rings (SSSR count). The molecule has 20 heavy (non-hydrogen) atoms. The molecule has 2 nitrogen and oxygen atoms in total. The zero-order valence-corrected chi connectivity index (χ0v) is 13.4. The number of hydrogen-bond donors (Lipinski definition) is 2. The molecule has 3 heteroatoms. The van der Waals surface area contributed by atoms with Gasteiger partial charge in [0.25, 0.3) is 0 Å². The van der Waals surface area contributed by atoms with Crippen molar-refractivity contribution in [1.82, 2.24) is 10.6 Å². The fourth-order valence-corrected chi connectivity index (χ4v) is 3.31. The molecule has 0 radical (unpaired) electrons. The van der Waals surface area contributed by atoms with E-state index in [4.69, 9.17) is 12.2 Å². The molecule has 110 valence electrons. The average Bonchev–Trinajstić information content (AvgIpc) is 2.49. The van der Waals surface area contributed by atoms with Gasteiger partial charge in [0, 0.05) is 6.04 Å². The Balaban J connectivity index is 1.76. The second-order valence-electron chi connectivity index (χ2n) is 5.88. The second kappa shape index (κ2) is 7.63. The third-order valence-electron chi connectivity index (χ3n) is 4.41. The molecule has 1 aromatic rings. The normalized spacial score (nSPS) is 23.9. The van der Waals surface area contributed by atoms with Crippen molar-refractivity contribution in [1.29, 1.82) is 0 Å². The Hall–Kier alpha value is -1.09. The van der Waals surface area contributed by atoms with Crippen LogP contribution in [-0.4, -0.2) is 11.2 Å². The summed E-state index contributed by atoms with van der Waals surface area (Å²) in [5, 5.41) is 7.67. The molecule has 1 aliphatic carbocycles. The maximum atomic E-state index is 5.45. The Morgan fingerprint density at radius 2 is 1.85 bits per heavy atom. The summed E-state index contributed by atoms with van der Waals surface area (Å²) in [4.78, 5) is 0. The van der Waals surface area contributed by atoms with Crippen LogP contribution in [0.5, 0.6) is 0 Å². The third-order valence-corrected chi connectivity index (χ3v) is 4.64. The molecule has 1 unspecified atom stereocenters. The summed E-state index contributed by atoms with van der Waals surface area (Å²) >= 11 is 5.45. The summed E-state index contributed by atoms with van der Waals surface area (Å²) in [5.74, 6) is 0.929. The molecule has 0 aromatic heterocycles. The van der Waals surface area contributed by atoms with Crippen LogP contribution in [0.15, 0.2) is 30.3 Å². The van der Waals surface area contributed by atoms with Gasteiger partial charge in [-0.1, -0.05) is 43.7 Å². The molecule has 0 bridgehead atoms. The van der Waals surface area contributed by atoms with Gasteiger partial charge in [-0.3, -0.25) is 0 Å². The number of nitrogens with one attached hydrogen (secondary N) is 2. The lowest BCUT2D eigenvalue weighted by atomic mass is 9.85. The predicted molar refractivity (Wildman–Crippen MR) is 89.8 cm³/mol. The van der Waals surface area contributed by atoms with Gasteiger partial charge in [0.1, 0.15) is 0 Å². The van der Waals surface area contributed by atoms with Crippen molar-refractivity contribution in [2.45, 2.75) is 58.0 Å². The van der Waals surface area contributed by atoms with E-state index in [0.29, 0.717) is 6.04 Å². The first-order valence-electron chi connectivity index (χ1n) is 7.81. The Morgan fingerprint density at radius 3 is 2.45 bits per heavy atom. The molecular formula is C17H26N2S. The van der Waals surface area contributed by atoms with Gasteiger partial charge in [0.05, 0.1) is 6.04 Å². The van der Waals surface area contributed by atoms with E-state index >= 15 is 0 Å². The van der Waals surface area contributed by atoms with Gasteiger partial charge < -0.3 is 10.6 Å². The van der Waals surface area contributed by atoms with E-state index in [-0.39, 0.29) is 6.04 Å². The highest BCUT2D eigenvalue weighted by atomic mass is 32.1. The Morgan fingerprint density at radius 1 is 1.20 bits per heavy atom. The lowest BCUT2D eigenvalue weighted by molar-refractivity contribution is 0.304. The van der Waals surface area contributed by atoms with Gasteiger partial charge in [0.2, 0.25) is 0 Å². The Bertz CT molecular complexity index is 410. The van der Waals surface area contributed by atoms with E-state index in [1.54, 1.807) is 0 Å². The molecule has 1 atom stereocenters. The minimum Gasteiger partial charge on any atom is -0.360 e. The predicted octanol–water partition coefficient (Wildman–Crippen LogP) is 4.18. The van der Waals surface area contributed by atoms with Crippen LogP contribution < -0.4 is 10.6 Å². The Kier molecular flexibility index (Phi) is 5.84. The van der Waals surface area contributed by atoms with Crippen molar-refractivity contribution < 1.29 is 0 Å². The summed E-state index contributed by atoms with van der Waals surface area (Å²) in [5.41, 5.74) is 1.27. The quantitative estimate of drug-likeness (QED) is 0.813. The summed E-state index contributed by atoms with van der Waals surface area (Å²) in [6.07, 6.45) is 6.50. The highest BCUT2D eigenvalue weighted by Crippen LogP contribution is 2.26. The molecule has 0 heterocycles. The van der Waals surface area contributed by atoms with Crippen LogP contribution in [-0.2, 0) is 0 Å². The van der Waals surface area contributed by atoms with Crippen molar-refractivity contribution in [3.8, 4) is 0 Å². The zero-order chi connectivity index (χ0) is 14.4. The topological polar surface area (TPSA) is 24.1 Å². The van der Waals surface area contributed by atoms with Gasteiger partial charge in [-0.25, -0.2) is 0 Å². The highest BCUT2D eigenvalue weighted by molar-refractivity contribution is 7.80. The fraction of sp³-hybridized carbons (Fsp3) is 0.588. The molecule has 0 spiro atoms. The van der Waals surface area contributed by atoms with Gasteiger partial charge >= 0.3 is 0 Å². The van der Waals surface area contributed by atoms with Crippen molar-refractivity contribution in [3.05, 3.63) is 35.9 Å². The van der Waals surface area contributed by atoms with E-state index in [1.165, 1.54) is 37.7 Å². The summed E-state index contributed by atoms with van der Waals surface area (Å²) in [6.45, 7) is 4.45. The largest absolute Gasteiger partial charge is 0.360 e. The van der Waals surface area contributed by atoms with Crippen LogP contribution in [0.25, 0.3) is 0 Å². The van der Waals surface area contributed by atoms with Gasteiger partial charge in [-0.15, -0.1) is 0 Å². The molecule has 1 aromatic carbocycles. The zero-order valence-electron chi connectivity index (χ0n) is 12.6. The molecule has 1 saturated carbocycles. The first-order valence-corrected chi connectivity index (χ1v) is 8.21. The van der Waals surface area contributed by atoms with E-state index in [0.717, 1.165) is 11.0 Å². The lowest BCUT2D eigenvalue weighted by Crippen LogP contribution is -2.44. The average molecular weight is 290 g/mol. The van der Waals surface area contributed by atoms with Gasteiger partial charge in [0.15, 0.2) is 5.11 Å². The van der Waals surface area contributed by atoms with Crippen LogP contribution in [0.1, 0.15) is 57.6 Å². The van der Waals surface area contributed by atoms with Crippen molar-refractivity contribution >= 4 is 17.3 Å². The molecule has 2 N–H and O–H groups in total. The van der Waals surface area contributed by atoms with E-state index in [2.05, 4.69) is 48.7 Å². The van der Waals surface area contributed by atoms with Crippen LogP contribution in [0.4, 0.5) is 0 Å². The summed E-state index contributed by atoms with van der Waals surface area (Å²) in [7, 11) is 0. The first kappa shape index (κ1) is 15.3. The first-order chi connectivity index (χ1) is 9.69. The molecule has 1 aliphatic rings. The minimum atomic E-state index is 0.253. The standard InChI is InChI=1S/C17H26N2S/c1-3-14-9-11-16(12-10-14)19-17(20)18-13(2)15-7-5-4-6-8-15/h4-8,13-14,16H,3,9-12H2,1-2H3,(H2,18,19,20). The van der Waals surface area contributed by atoms with E-state index < -0.39 is 0 Å². The molecule has 0 saturated heterocycles. The van der Waals surface area contributed by atoms with Crippen LogP contribution in [0, 0.1) is 5.92 Å². The van der Waals surface area contributed by atoms with Gasteiger partial charge in [-0.05, 0) is 56.3 Å². The van der Waals surface area contributed by atoms with Crippen LogP contribution in [0.3, 0.4) is 0 Å². The summed E-state index contributed by atoms with van der Waals surface area (Å²) < 4.78 is 0. The maximum Gasteiger partial charge on any atom is 0.166 e. The molecule has 0 amide bonds. The number of benzene rings is 1. The smallest absolute Gasteiger partial charge is 0.166 e. The number of thiocarbonyl (C=S) groups is 1. The minimum absolute atomic E-state index is 0.253. The second-order valence-corrected chi connectivity index (χ2v) is 6.28.